The summed E-state index contributed by atoms with van der Waals surface area (Å²) >= 11 is 0. The summed E-state index contributed by atoms with van der Waals surface area (Å²) in [6, 6.07) is 7.46. The van der Waals surface area contributed by atoms with Gasteiger partial charge < -0.3 is 19.5 Å². The molecule has 0 saturated carbocycles. The van der Waals surface area contributed by atoms with E-state index in [9.17, 15) is 13.2 Å². The first-order valence-electron chi connectivity index (χ1n) is 10.7. The molecular weight excluding hydrogens is 435 g/mol. The highest BCUT2D eigenvalue weighted by Crippen LogP contribution is 2.41. The molecule has 174 valence electrons. The van der Waals surface area contributed by atoms with Gasteiger partial charge in [-0.05, 0) is 44.0 Å². The molecule has 0 radical (unpaired) electrons. The number of rotatable bonds is 3. The van der Waals surface area contributed by atoms with Gasteiger partial charge in [-0.3, -0.25) is 0 Å². The number of aromatic nitrogens is 2. The highest BCUT2D eigenvalue weighted by molar-refractivity contribution is 5.92. The Balaban J connectivity index is 1.50. The van der Waals surface area contributed by atoms with E-state index < -0.39 is 17.8 Å². The lowest BCUT2D eigenvalue weighted by atomic mass is 9.88. The van der Waals surface area contributed by atoms with Crippen molar-refractivity contribution in [3.63, 3.8) is 0 Å². The number of hydrogen-bond acceptors (Lipinski definition) is 6. The lowest BCUT2D eigenvalue weighted by molar-refractivity contribution is -0.143. The third-order valence-corrected chi connectivity index (χ3v) is 6.26. The zero-order valence-corrected chi connectivity index (χ0v) is 18.5. The van der Waals surface area contributed by atoms with Gasteiger partial charge in [0, 0.05) is 11.5 Å². The molecule has 6 nitrogen and oxygen atoms in total. The van der Waals surface area contributed by atoms with Crippen LogP contribution < -0.4 is 14.8 Å². The number of nitrogens with zero attached hydrogens (tertiary/aromatic N) is 2. The molecule has 0 unspecified atom stereocenters. The maximum absolute atomic E-state index is 13.4. The molecular formula is C24H24F3N3O3. The first-order valence-corrected chi connectivity index (χ1v) is 10.7. The van der Waals surface area contributed by atoms with Crippen molar-refractivity contribution in [1.82, 2.24) is 9.97 Å². The highest BCUT2D eigenvalue weighted by Gasteiger charge is 2.42. The van der Waals surface area contributed by atoms with Crippen molar-refractivity contribution in [3.8, 4) is 11.5 Å². The minimum atomic E-state index is -4.41. The average molecular weight is 459 g/mol. The van der Waals surface area contributed by atoms with E-state index in [1.807, 2.05) is 19.1 Å². The number of hydrogen-bond donors (Lipinski definition) is 1. The van der Waals surface area contributed by atoms with E-state index in [2.05, 4.69) is 15.3 Å². The predicted octanol–water partition coefficient (Wildman–Crippen LogP) is 5.23. The third kappa shape index (κ3) is 3.94. The summed E-state index contributed by atoms with van der Waals surface area (Å²) in [5.74, 6) is 2.26. The van der Waals surface area contributed by atoms with Crippen LogP contribution in [0.1, 0.15) is 35.5 Å². The van der Waals surface area contributed by atoms with Gasteiger partial charge in [-0.15, -0.1) is 0 Å². The number of halogens is 3. The van der Waals surface area contributed by atoms with Crippen LogP contribution in [-0.2, 0) is 10.9 Å². The van der Waals surface area contributed by atoms with E-state index in [0.29, 0.717) is 66.0 Å². The number of benzene rings is 2. The van der Waals surface area contributed by atoms with Crippen molar-refractivity contribution >= 4 is 16.7 Å². The van der Waals surface area contributed by atoms with Gasteiger partial charge in [0.1, 0.15) is 24.9 Å². The van der Waals surface area contributed by atoms with Gasteiger partial charge in [-0.25, -0.2) is 9.97 Å². The minimum Gasteiger partial charge on any atom is -0.489 e. The fraction of sp³-hybridized carbons (Fsp3) is 0.417. The van der Waals surface area contributed by atoms with Gasteiger partial charge in [0.25, 0.3) is 0 Å². The summed E-state index contributed by atoms with van der Waals surface area (Å²) in [5, 5.41) is 4.00. The van der Waals surface area contributed by atoms with E-state index in [1.54, 1.807) is 13.0 Å². The molecule has 2 aromatic carbocycles. The fourth-order valence-electron chi connectivity index (χ4n) is 4.36. The molecule has 1 N–H and O–H groups in total. The van der Waals surface area contributed by atoms with E-state index in [0.717, 1.165) is 6.07 Å². The first kappa shape index (κ1) is 21.8. The quantitative estimate of drug-likeness (QED) is 0.579. The summed E-state index contributed by atoms with van der Waals surface area (Å²) in [6.07, 6.45) is -4.41. The predicted molar refractivity (Wildman–Crippen MR) is 117 cm³/mol. The van der Waals surface area contributed by atoms with E-state index in [4.69, 9.17) is 14.2 Å². The van der Waals surface area contributed by atoms with E-state index in [1.165, 1.54) is 13.0 Å². The molecule has 2 aliphatic rings. The number of aryl methyl sites for hydroxylation is 1. The summed E-state index contributed by atoms with van der Waals surface area (Å²) in [5.41, 5.74) is 0.640. The van der Waals surface area contributed by atoms with E-state index >= 15 is 0 Å². The topological polar surface area (TPSA) is 65.5 Å². The van der Waals surface area contributed by atoms with Crippen molar-refractivity contribution < 1.29 is 27.4 Å². The van der Waals surface area contributed by atoms with Crippen LogP contribution >= 0.6 is 0 Å². The van der Waals surface area contributed by atoms with Crippen molar-refractivity contribution in [2.24, 2.45) is 5.41 Å². The average Bonchev–Trinajstić information content (AvgIpc) is 2.91. The Kier molecular flexibility index (Phi) is 5.12. The van der Waals surface area contributed by atoms with Crippen molar-refractivity contribution in [2.45, 2.75) is 33.0 Å². The van der Waals surface area contributed by atoms with E-state index in [-0.39, 0.29) is 11.0 Å². The number of anilines is 1. The normalized spacial score (nSPS) is 18.0. The Morgan fingerprint density at radius 2 is 1.70 bits per heavy atom. The monoisotopic (exact) mass is 459 g/mol. The van der Waals surface area contributed by atoms with Crippen LogP contribution in [0.2, 0.25) is 0 Å². The summed E-state index contributed by atoms with van der Waals surface area (Å²) in [6.45, 7) is 7.27. The Morgan fingerprint density at radius 1 is 1.00 bits per heavy atom. The maximum atomic E-state index is 13.4. The second kappa shape index (κ2) is 7.76. The lowest BCUT2D eigenvalue weighted by Gasteiger charge is -2.38. The smallest absolute Gasteiger partial charge is 0.416 e. The van der Waals surface area contributed by atoms with Crippen LogP contribution in [0.5, 0.6) is 11.5 Å². The van der Waals surface area contributed by atoms with Crippen molar-refractivity contribution in [2.75, 3.05) is 31.7 Å². The zero-order valence-electron chi connectivity index (χ0n) is 18.5. The molecule has 1 atom stereocenters. The molecule has 1 spiro atoms. The lowest BCUT2D eigenvalue weighted by Crippen LogP contribution is -2.50. The highest BCUT2D eigenvalue weighted by atomic mass is 19.4. The maximum Gasteiger partial charge on any atom is 0.416 e. The molecule has 3 heterocycles. The largest absolute Gasteiger partial charge is 0.489 e. The standard InChI is InChI=1S/C24H24F3N3O3/c1-13-16(5-4-6-18(13)24(25,26)27)14(2)28-22-17-7-20-21(8-19(17)29-15(3)30-22)33-12-23(11-32-20)9-31-10-23/h4-8,14H,9-12H2,1-3H3,(H,28,29,30)/t14-/m1/s1. The van der Waals surface area contributed by atoms with Crippen LogP contribution in [0.4, 0.5) is 19.0 Å². The van der Waals surface area contributed by atoms with Crippen LogP contribution in [-0.4, -0.2) is 36.4 Å². The third-order valence-electron chi connectivity index (χ3n) is 6.26. The molecule has 1 saturated heterocycles. The molecule has 3 aromatic rings. The van der Waals surface area contributed by atoms with Gasteiger partial charge in [-0.1, -0.05) is 12.1 Å². The molecule has 5 rings (SSSR count). The Hall–Kier alpha value is -3.07. The SMILES string of the molecule is Cc1nc(N[C@H](C)c2cccc(C(F)(F)F)c2C)c2cc3c(cc2n1)OCC1(COC1)CO3. The van der Waals surface area contributed by atoms with Crippen LogP contribution in [0, 0.1) is 19.3 Å². The Morgan fingerprint density at radius 3 is 2.33 bits per heavy atom. The van der Waals surface area contributed by atoms with Crippen LogP contribution in [0.15, 0.2) is 30.3 Å². The molecule has 1 fully saturated rings. The van der Waals surface area contributed by atoms with Gasteiger partial charge in [-0.2, -0.15) is 13.2 Å². The molecule has 1 aromatic heterocycles. The summed E-state index contributed by atoms with van der Waals surface area (Å²) in [7, 11) is 0. The summed E-state index contributed by atoms with van der Waals surface area (Å²) in [4.78, 5) is 9.06. The van der Waals surface area contributed by atoms with Crippen LogP contribution in [0.3, 0.4) is 0 Å². The molecule has 0 amide bonds. The van der Waals surface area contributed by atoms with Gasteiger partial charge in [0.2, 0.25) is 0 Å². The molecule has 33 heavy (non-hydrogen) atoms. The Labute approximate surface area is 189 Å². The molecule has 0 bridgehead atoms. The first-order chi connectivity index (χ1) is 15.7. The number of alkyl halides is 3. The molecule has 2 aliphatic heterocycles. The van der Waals surface area contributed by atoms with Gasteiger partial charge >= 0.3 is 6.18 Å². The number of fused-ring (bicyclic) bond motifs is 2. The van der Waals surface area contributed by atoms with Crippen LogP contribution in [0.25, 0.3) is 10.9 Å². The number of nitrogens with one attached hydrogen (secondary N) is 1. The van der Waals surface area contributed by atoms with Gasteiger partial charge in [0.15, 0.2) is 11.5 Å². The molecule has 0 aliphatic carbocycles. The van der Waals surface area contributed by atoms with Crippen molar-refractivity contribution in [1.29, 1.82) is 0 Å². The second-order valence-electron chi connectivity index (χ2n) is 8.89. The Bertz CT molecular complexity index is 1230. The minimum absolute atomic E-state index is 0.135. The fourth-order valence-corrected chi connectivity index (χ4v) is 4.36. The molecule has 9 heteroatoms. The van der Waals surface area contributed by atoms with Gasteiger partial charge in [0.05, 0.1) is 35.8 Å². The zero-order chi connectivity index (χ0) is 23.4. The second-order valence-corrected chi connectivity index (χ2v) is 8.89. The van der Waals surface area contributed by atoms with Crippen molar-refractivity contribution in [3.05, 3.63) is 52.8 Å². The summed E-state index contributed by atoms with van der Waals surface area (Å²) < 4.78 is 57.6. The number of ether oxygens (including phenoxy) is 3.